The highest BCUT2D eigenvalue weighted by Crippen LogP contribution is 2.48. The summed E-state index contributed by atoms with van der Waals surface area (Å²) in [5.41, 5.74) is 11.1. The molecule has 0 aliphatic carbocycles. The summed E-state index contributed by atoms with van der Waals surface area (Å²) in [4.78, 5) is 48.9. The predicted octanol–water partition coefficient (Wildman–Crippen LogP) is -0.274. The number of amides is 2. The van der Waals surface area contributed by atoms with E-state index < -0.39 is 40.0 Å². The van der Waals surface area contributed by atoms with Gasteiger partial charge in [-0.15, -0.1) is 46.6 Å². The van der Waals surface area contributed by atoms with Crippen molar-refractivity contribution in [3.63, 3.8) is 0 Å². The SMILES string of the molecule is Nc1nc(C(=NO)C(=O)N[C@@H]2C(=O)N3CC(Sc4ccncc4SCC(N)CO)(C(=O)O)CS[C@H]23)cs1. The fourth-order valence-electron chi connectivity index (χ4n) is 3.63. The molecular weight excluding hydrogens is 563 g/mol. The highest BCUT2D eigenvalue weighted by atomic mass is 32.2. The number of carboxylic acid groups (broad SMARTS) is 1. The monoisotopic (exact) mass is 585 g/mol. The lowest BCUT2D eigenvalue weighted by atomic mass is 10.0. The number of aliphatic hydroxyl groups is 1. The molecule has 2 amide bonds. The van der Waals surface area contributed by atoms with E-state index >= 15 is 0 Å². The van der Waals surface area contributed by atoms with Crippen LogP contribution >= 0.6 is 46.6 Å². The molecule has 2 aromatic rings. The first-order valence-electron chi connectivity index (χ1n) is 10.7. The second-order valence-corrected chi connectivity index (χ2v) is 12.6. The van der Waals surface area contributed by atoms with Gasteiger partial charge in [-0.25, -0.2) is 4.98 Å². The topological polar surface area (TPSA) is 217 Å². The van der Waals surface area contributed by atoms with Crippen LogP contribution in [-0.4, -0.2) is 101 Å². The van der Waals surface area contributed by atoms with Crippen molar-refractivity contribution in [3.8, 4) is 0 Å². The van der Waals surface area contributed by atoms with Gasteiger partial charge in [-0.1, -0.05) is 5.16 Å². The zero-order valence-corrected chi connectivity index (χ0v) is 22.3. The maximum Gasteiger partial charge on any atom is 0.322 e. The number of nitrogens with two attached hydrogens (primary N) is 2. The number of anilines is 1. The van der Waals surface area contributed by atoms with Crippen molar-refractivity contribution >= 4 is 75.2 Å². The third-order valence-corrected chi connectivity index (χ3v) is 10.7. The van der Waals surface area contributed by atoms with Crippen molar-refractivity contribution < 1.29 is 29.8 Å². The highest BCUT2D eigenvalue weighted by Gasteiger charge is 2.58. The van der Waals surface area contributed by atoms with Crippen molar-refractivity contribution in [3.05, 3.63) is 29.5 Å². The number of aliphatic carboxylic acids is 1. The van der Waals surface area contributed by atoms with Gasteiger partial charge in [0.15, 0.2) is 10.8 Å². The fourth-order valence-corrected chi connectivity index (χ4v) is 8.14. The van der Waals surface area contributed by atoms with E-state index in [-0.39, 0.29) is 35.4 Å². The van der Waals surface area contributed by atoms with Gasteiger partial charge in [-0.2, -0.15) is 0 Å². The van der Waals surface area contributed by atoms with E-state index in [1.54, 1.807) is 18.5 Å². The van der Waals surface area contributed by atoms with Crippen LogP contribution in [0.2, 0.25) is 0 Å². The summed E-state index contributed by atoms with van der Waals surface area (Å²) >= 11 is 4.81. The zero-order valence-electron chi connectivity index (χ0n) is 19.0. The normalized spacial score (nSPS) is 24.2. The average molecular weight is 586 g/mol. The van der Waals surface area contributed by atoms with Gasteiger partial charge >= 0.3 is 5.97 Å². The van der Waals surface area contributed by atoms with E-state index in [4.69, 9.17) is 11.5 Å². The third kappa shape index (κ3) is 5.65. The van der Waals surface area contributed by atoms with Crippen molar-refractivity contribution in [1.82, 2.24) is 20.2 Å². The quantitative estimate of drug-likeness (QED) is 0.0696. The number of hydrogen-bond donors (Lipinski definition) is 6. The first-order valence-corrected chi connectivity index (χ1v) is 14.4. The van der Waals surface area contributed by atoms with Gasteiger partial charge in [-0.3, -0.25) is 19.4 Å². The van der Waals surface area contributed by atoms with Crippen LogP contribution in [0.25, 0.3) is 0 Å². The number of carboxylic acids is 1. The van der Waals surface area contributed by atoms with Crippen LogP contribution in [0.5, 0.6) is 0 Å². The highest BCUT2D eigenvalue weighted by molar-refractivity contribution is 8.05. The Labute approximate surface area is 227 Å². The van der Waals surface area contributed by atoms with Crippen LogP contribution in [-0.2, 0) is 14.4 Å². The Morgan fingerprint density at radius 2 is 2.19 bits per heavy atom. The molecule has 4 heterocycles. The van der Waals surface area contributed by atoms with E-state index in [0.717, 1.165) is 28.0 Å². The molecule has 2 fully saturated rings. The Bertz CT molecular complexity index is 1230. The first kappa shape index (κ1) is 27.5. The summed E-state index contributed by atoms with van der Waals surface area (Å²) in [7, 11) is 0. The molecule has 0 spiro atoms. The molecule has 2 aliphatic heterocycles. The maximum atomic E-state index is 12.9. The molecule has 2 aliphatic rings. The minimum absolute atomic E-state index is 0.0674. The number of carbonyl (C=O) groups excluding carboxylic acids is 2. The zero-order chi connectivity index (χ0) is 26.7. The van der Waals surface area contributed by atoms with Crippen LogP contribution in [0.4, 0.5) is 5.13 Å². The summed E-state index contributed by atoms with van der Waals surface area (Å²) < 4.78 is -1.34. The van der Waals surface area contributed by atoms with Crippen LogP contribution < -0.4 is 16.8 Å². The van der Waals surface area contributed by atoms with Crippen LogP contribution in [0.1, 0.15) is 5.69 Å². The lowest BCUT2D eigenvalue weighted by Crippen LogP contribution is -2.74. The van der Waals surface area contributed by atoms with Gasteiger partial charge < -0.3 is 37.1 Å². The molecule has 2 unspecified atom stereocenters. The molecule has 37 heavy (non-hydrogen) atoms. The number of hydrogen-bond acceptors (Lipinski definition) is 14. The Balaban J connectivity index is 1.45. The molecule has 198 valence electrons. The van der Waals surface area contributed by atoms with Crippen molar-refractivity contribution in [2.24, 2.45) is 10.9 Å². The van der Waals surface area contributed by atoms with E-state index in [9.17, 15) is 29.8 Å². The van der Waals surface area contributed by atoms with Gasteiger partial charge in [0.25, 0.3) is 5.91 Å². The number of fused-ring (bicyclic) bond motifs is 1. The summed E-state index contributed by atoms with van der Waals surface area (Å²) in [5.74, 6) is -1.72. The number of aliphatic hydroxyl groups excluding tert-OH is 1. The van der Waals surface area contributed by atoms with Gasteiger partial charge in [0, 0.05) is 51.7 Å². The minimum Gasteiger partial charge on any atom is -0.480 e. The Kier molecular flexibility index (Phi) is 8.49. The third-order valence-electron chi connectivity index (χ3n) is 5.55. The number of thioether (sulfide) groups is 3. The molecular formula is C20H23N7O6S4. The number of pyridine rings is 1. The fraction of sp³-hybridized carbons (Fsp3) is 0.400. The lowest BCUT2D eigenvalue weighted by Gasteiger charge is -2.53. The molecule has 2 saturated heterocycles. The summed E-state index contributed by atoms with van der Waals surface area (Å²) in [6, 6.07) is 0.368. The standard InChI is InChI=1S/C20H23N7O6S4/c21-9(4-28)5-34-12-3-23-2-1-11(12)37-20(18(31)32)7-27-16(30)14(17(27)36-8-20)25-15(29)13(26-33)10-6-35-19(22)24-10/h1-3,6,9,14,17,28,33H,4-5,7-8,21H2,(H2,22,24)(H,25,29)(H,31,32)/t9?,14-,17-,20?/m1/s1. The number of rotatable bonds is 10. The lowest BCUT2D eigenvalue weighted by molar-refractivity contribution is -0.151. The van der Waals surface area contributed by atoms with Gasteiger partial charge in [0.2, 0.25) is 5.91 Å². The number of oxime groups is 1. The predicted molar refractivity (Wildman–Crippen MR) is 141 cm³/mol. The second-order valence-electron chi connectivity index (χ2n) is 8.12. The molecule has 0 bridgehead atoms. The molecule has 0 aromatic carbocycles. The van der Waals surface area contributed by atoms with Crippen LogP contribution in [0.15, 0.2) is 38.8 Å². The molecule has 4 atom stereocenters. The van der Waals surface area contributed by atoms with E-state index in [0.29, 0.717) is 10.6 Å². The van der Waals surface area contributed by atoms with Gasteiger partial charge in [0.1, 0.15) is 21.9 Å². The smallest absolute Gasteiger partial charge is 0.322 e. The Hall–Kier alpha value is -2.57. The van der Waals surface area contributed by atoms with Crippen molar-refractivity contribution in [2.75, 3.05) is 30.4 Å². The minimum atomic E-state index is -1.34. The first-order chi connectivity index (χ1) is 17.7. The average Bonchev–Trinajstić information content (AvgIpc) is 3.32. The number of nitrogens with one attached hydrogen (secondary N) is 1. The number of nitrogens with zero attached hydrogens (tertiary/aromatic N) is 4. The number of aromatic nitrogens is 2. The van der Waals surface area contributed by atoms with Crippen molar-refractivity contribution in [2.45, 2.75) is 32.0 Å². The summed E-state index contributed by atoms with van der Waals surface area (Å²) in [5, 5.41) is 35.4. The number of nitrogen functional groups attached to an aromatic ring is 1. The summed E-state index contributed by atoms with van der Waals surface area (Å²) in [6.07, 6.45) is 3.17. The van der Waals surface area contributed by atoms with E-state index in [2.05, 4.69) is 20.4 Å². The van der Waals surface area contributed by atoms with Crippen LogP contribution in [0.3, 0.4) is 0 Å². The largest absolute Gasteiger partial charge is 0.480 e. The number of β-lactam (4-membered cyclic amide) rings is 1. The van der Waals surface area contributed by atoms with Gasteiger partial charge in [0.05, 0.1) is 6.61 Å². The number of thiazole rings is 1. The van der Waals surface area contributed by atoms with Crippen molar-refractivity contribution in [1.29, 1.82) is 0 Å². The Morgan fingerprint density at radius 1 is 1.41 bits per heavy atom. The molecule has 0 radical (unpaired) electrons. The molecule has 13 nitrogen and oxygen atoms in total. The van der Waals surface area contributed by atoms with E-state index in [1.807, 2.05) is 0 Å². The maximum absolute atomic E-state index is 12.9. The molecule has 2 aromatic heterocycles. The molecule has 8 N–H and O–H groups in total. The molecule has 17 heteroatoms. The van der Waals surface area contributed by atoms with Gasteiger partial charge in [-0.05, 0) is 6.07 Å². The second kappa shape index (κ2) is 11.4. The van der Waals surface area contributed by atoms with Crippen LogP contribution in [0, 0.1) is 0 Å². The Morgan fingerprint density at radius 3 is 2.84 bits per heavy atom. The summed E-state index contributed by atoms with van der Waals surface area (Å²) in [6.45, 7) is -0.243. The molecule has 0 saturated carbocycles. The van der Waals surface area contributed by atoms with E-state index in [1.165, 1.54) is 33.8 Å². The number of carbonyl (C=O) groups is 3. The molecule has 4 rings (SSSR count).